The van der Waals surface area contributed by atoms with Gasteiger partial charge in [-0.3, -0.25) is 4.79 Å². The Kier molecular flexibility index (Phi) is 7.77. The number of aromatic nitrogens is 2. The number of carbonyl (C=O) groups is 2. The number of amides is 1. The number of anilines is 1. The number of hydrogen-bond acceptors (Lipinski definition) is 5. The van der Waals surface area contributed by atoms with Crippen LogP contribution >= 0.6 is 11.8 Å². The van der Waals surface area contributed by atoms with Crippen molar-refractivity contribution in [2.45, 2.75) is 24.5 Å². The number of nitrogens with one attached hydrogen (secondary N) is 1. The van der Waals surface area contributed by atoms with E-state index in [0.29, 0.717) is 11.8 Å². The fourth-order valence-corrected chi connectivity index (χ4v) is 3.60. The highest BCUT2D eigenvalue weighted by Gasteiger charge is 2.14. The molecule has 0 aliphatic carbocycles. The van der Waals surface area contributed by atoms with Gasteiger partial charge in [0.2, 0.25) is 0 Å². The predicted molar refractivity (Wildman–Crippen MR) is 120 cm³/mol. The Labute approximate surface area is 188 Å². The van der Waals surface area contributed by atoms with Crippen LogP contribution in [0.25, 0.3) is 11.8 Å². The minimum atomic E-state index is -2.62. The zero-order chi connectivity index (χ0) is 23.1. The van der Waals surface area contributed by atoms with Crippen molar-refractivity contribution < 1.29 is 23.1 Å². The van der Waals surface area contributed by atoms with Gasteiger partial charge in [0, 0.05) is 22.2 Å². The lowest BCUT2D eigenvalue weighted by molar-refractivity contribution is -0.142. The quantitative estimate of drug-likeness (QED) is 0.293. The highest BCUT2D eigenvalue weighted by atomic mass is 32.2. The number of aryl methyl sites for hydroxylation is 1. The molecule has 0 aliphatic rings. The second-order valence-electron chi connectivity index (χ2n) is 6.70. The summed E-state index contributed by atoms with van der Waals surface area (Å²) in [4.78, 5) is 24.4. The first kappa shape index (κ1) is 23.2. The second-order valence-corrected chi connectivity index (χ2v) is 7.73. The third-order valence-corrected chi connectivity index (χ3v) is 5.24. The second kappa shape index (κ2) is 10.7. The number of hydrogen-bond donors (Lipinski definition) is 1. The van der Waals surface area contributed by atoms with Crippen LogP contribution in [0.2, 0.25) is 0 Å². The van der Waals surface area contributed by atoms with Crippen LogP contribution in [0, 0.1) is 13.8 Å². The van der Waals surface area contributed by atoms with Crippen molar-refractivity contribution in [1.29, 1.82) is 0 Å². The normalized spacial score (nSPS) is 11.2. The Morgan fingerprint density at radius 1 is 1.12 bits per heavy atom. The Morgan fingerprint density at radius 2 is 1.81 bits per heavy atom. The minimum absolute atomic E-state index is 0.225. The molecular formula is C23H21F2N3O3S. The zero-order valence-corrected chi connectivity index (χ0v) is 18.2. The first-order valence-electron chi connectivity index (χ1n) is 9.65. The monoisotopic (exact) mass is 457 g/mol. The summed E-state index contributed by atoms with van der Waals surface area (Å²) in [6, 6.07) is 15.8. The van der Waals surface area contributed by atoms with Gasteiger partial charge in [-0.05, 0) is 44.2 Å². The first-order valence-corrected chi connectivity index (χ1v) is 10.5. The summed E-state index contributed by atoms with van der Waals surface area (Å²) in [7, 11) is 0. The highest BCUT2D eigenvalue weighted by molar-refractivity contribution is 7.99. The number of esters is 1. The largest absolute Gasteiger partial charge is 0.452 e. The summed E-state index contributed by atoms with van der Waals surface area (Å²) >= 11 is 0.325. The first-order chi connectivity index (χ1) is 15.3. The summed E-state index contributed by atoms with van der Waals surface area (Å²) in [6.45, 7) is 3.18. The lowest BCUT2D eigenvalue weighted by atomic mass is 10.2. The van der Waals surface area contributed by atoms with E-state index in [0.717, 1.165) is 22.6 Å². The van der Waals surface area contributed by atoms with Crippen molar-refractivity contribution in [1.82, 2.24) is 9.78 Å². The van der Waals surface area contributed by atoms with Crippen LogP contribution in [0.3, 0.4) is 0 Å². The van der Waals surface area contributed by atoms with Crippen molar-refractivity contribution in [3.05, 3.63) is 77.6 Å². The molecule has 9 heteroatoms. The van der Waals surface area contributed by atoms with Crippen LogP contribution in [0.1, 0.15) is 17.0 Å². The number of ether oxygens (including phenoxy) is 1. The Morgan fingerprint density at radius 3 is 2.53 bits per heavy atom. The molecule has 6 nitrogen and oxygen atoms in total. The molecule has 3 rings (SSSR count). The van der Waals surface area contributed by atoms with Gasteiger partial charge in [0.1, 0.15) is 0 Å². The molecular weight excluding hydrogens is 436 g/mol. The van der Waals surface area contributed by atoms with E-state index >= 15 is 0 Å². The van der Waals surface area contributed by atoms with Gasteiger partial charge in [-0.2, -0.15) is 13.9 Å². The Hall–Kier alpha value is -3.46. The number of rotatable bonds is 8. The van der Waals surface area contributed by atoms with E-state index in [9.17, 15) is 18.4 Å². The third-order valence-electron chi connectivity index (χ3n) is 4.46. The molecule has 0 radical (unpaired) electrons. The summed E-state index contributed by atoms with van der Waals surface area (Å²) in [5.74, 6) is -3.95. The predicted octanol–water partition coefficient (Wildman–Crippen LogP) is 5.00. The summed E-state index contributed by atoms with van der Waals surface area (Å²) in [6.07, 6.45) is 2.81. The lowest BCUT2D eigenvalue weighted by Crippen LogP contribution is -2.20. The highest BCUT2D eigenvalue weighted by Crippen LogP contribution is 2.31. The van der Waals surface area contributed by atoms with Gasteiger partial charge in [-0.15, -0.1) is 0 Å². The molecule has 0 saturated heterocycles. The van der Waals surface area contributed by atoms with E-state index in [4.69, 9.17) is 4.74 Å². The summed E-state index contributed by atoms with van der Waals surface area (Å²) in [5, 5.41) is 6.98. The molecule has 1 amide bonds. The fraction of sp³-hybridized carbons (Fsp3) is 0.174. The molecule has 0 fully saturated rings. The van der Waals surface area contributed by atoms with Crippen LogP contribution < -0.4 is 5.32 Å². The van der Waals surface area contributed by atoms with E-state index in [1.165, 1.54) is 18.2 Å². The maximum atomic E-state index is 12.6. The van der Waals surface area contributed by atoms with Crippen LogP contribution in [-0.4, -0.2) is 34.0 Å². The molecule has 0 saturated carbocycles. The molecule has 166 valence electrons. The van der Waals surface area contributed by atoms with Crippen molar-refractivity contribution in [2.24, 2.45) is 0 Å². The van der Waals surface area contributed by atoms with Gasteiger partial charge in [0.05, 0.1) is 17.1 Å². The van der Waals surface area contributed by atoms with Crippen LogP contribution in [0.15, 0.2) is 65.6 Å². The van der Waals surface area contributed by atoms with Gasteiger partial charge in [0.15, 0.2) is 6.61 Å². The Balaban J connectivity index is 1.59. The van der Waals surface area contributed by atoms with Crippen LogP contribution in [-0.2, 0) is 14.3 Å². The topological polar surface area (TPSA) is 73.2 Å². The lowest BCUT2D eigenvalue weighted by Gasteiger charge is -2.10. The van der Waals surface area contributed by atoms with Crippen molar-refractivity contribution >= 4 is 35.4 Å². The zero-order valence-electron chi connectivity index (χ0n) is 17.4. The Bertz CT molecular complexity index is 1130. The average molecular weight is 458 g/mol. The number of alkyl halides is 2. The molecule has 0 bridgehead atoms. The fourth-order valence-electron chi connectivity index (χ4n) is 3.01. The van der Waals surface area contributed by atoms with Crippen LogP contribution in [0.4, 0.5) is 14.5 Å². The number of carbonyl (C=O) groups excluding carboxylic acids is 2. The van der Waals surface area contributed by atoms with E-state index in [1.54, 1.807) is 22.9 Å². The molecule has 2 aromatic carbocycles. The van der Waals surface area contributed by atoms with Gasteiger partial charge in [0.25, 0.3) is 11.7 Å². The smallest absolute Gasteiger partial charge is 0.331 e. The molecule has 1 heterocycles. The molecule has 0 aliphatic heterocycles. The van der Waals surface area contributed by atoms with Gasteiger partial charge >= 0.3 is 5.97 Å². The van der Waals surface area contributed by atoms with E-state index in [2.05, 4.69) is 10.4 Å². The summed E-state index contributed by atoms with van der Waals surface area (Å²) < 4.78 is 32.0. The average Bonchev–Trinajstić information content (AvgIpc) is 3.06. The SMILES string of the molecule is Cc1nn(-c2ccccc2)c(C)c1C=CC(=O)OCC(=O)Nc1ccccc1SC(F)F. The number of nitrogens with zero attached hydrogens (tertiary/aromatic N) is 2. The van der Waals surface area contributed by atoms with E-state index < -0.39 is 24.2 Å². The van der Waals surface area contributed by atoms with Gasteiger partial charge in [-0.25, -0.2) is 9.48 Å². The summed E-state index contributed by atoms with van der Waals surface area (Å²) in [5.41, 5.74) is 3.49. The van der Waals surface area contributed by atoms with E-state index in [-0.39, 0.29) is 10.6 Å². The number of halogens is 2. The van der Waals surface area contributed by atoms with Crippen molar-refractivity contribution in [3.63, 3.8) is 0 Å². The number of para-hydroxylation sites is 2. The molecule has 1 N–H and O–H groups in total. The number of benzene rings is 2. The molecule has 0 unspecified atom stereocenters. The minimum Gasteiger partial charge on any atom is -0.452 e. The standard InChI is InChI=1S/C23H21F2N3O3S/c1-15-18(16(2)28(27-15)17-8-4-3-5-9-17)12-13-22(30)31-14-21(29)26-19-10-6-7-11-20(19)32-23(24)25/h3-13,23H,14H2,1-2H3,(H,26,29). The van der Waals surface area contributed by atoms with Gasteiger partial charge in [-0.1, -0.05) is 42.1 Å². The van der Waals surface area contributed by atoms with Gasteiger partial charge < -0.3 is 10.1 Å². The van der Waals surface area contributed by atoms with E-state index in [1.807, 2.05) is 44.2 Å². The van der Waals surface area contributed by atoms with Crippen LogP contribution in [0.5, 0.6) is 0 Å². The third kappa shape index (κ3) is 6.04. The molecule has 0 atom stereocenters. The van der Waals surface area contributed by atoms with Crippen molar-refractivity contribution in [3.8, 4) is 5.69 Å². The molecule has 3 aromatic rings. The molecule has 32 heavy (non-hydrogen) atoms. The van der Waals surface area contributed by atoms with Crippen molar-refractivity contribution in [2.75, 3.05) is 11.9 Å². The maximum absolute atomic E-state index is 12.6. The number of thioether (sulfide) groups is 1. The molecule has 1 aromatic heterocycles. The molecule has 0 spiro atoms. The maximum Gasteiger partial charge on any atom is 0.331 e.